The van der Waals surface area contributed by atoms with Crippen LogP contribution in [0.5, 0.6) is 0 Å². The van der Waals surface area contributed by atoms with Gasteiger partial charge in [0.1, 0.15) is 5.58 Å². The minimum atomic E-state index is 0.435. The Morgan fingerprint density at radius 2 is 2.07 bits per heavy atom. The normalized spacial score (nSPS) is 11.1. The number of carbonyl (C=O) groups excluding carboxylic acids is 1. The molecule has 0 bridgehead atoms. The summed E-state index contributed by atoms with van der Waals surface area (Å²) in [5.41, 5.74) is 1.74. The second-order valence-electron chi connectivity index (χ2n) is 3.80. The Morgan fingerprint density at radius 1 is 1.33 bits per heavy atom. The van der Waals surface area contributed by atoms with Gasteiger partial charge in [0, 0.05) is 17.5 Å². The molecular weight excluding hydrogens is 190 g/mol. The molecule has 1 aromatic heterocycles. The summed E-state index contributed by atoms with van der Waals surface area (Å²) in [5.74, 6) is 0.435. The van der Waals surface area contributed by atoms with Crippen LogP contribution in [0, 0.1) is 0 Å². The van der Waals surface area contributed by atoms with Crippen LogP contribution in [0.2, 0.25) is 0 Å². The molecule has 0 spiro atoms. The van der Waals surface area contributed by atoms with Crippen LogP contribution in [0.3, 0.4) is 0 Å². The van der Waals surface area contributed by atoms with Gasteiger partial charge in [0.2, 0.25) is 0 Å². The maximum Gasteiger partial charge on any atom is 0.185 e. The minimum Gasteiger partial charge on any atom is -0.453 e. The lowest BCUT2D eigenvalue weighted by Crippen LogP contribution is -2.11. The van der Waals surface area contributed by atoms with E-state index in [-0.39, 0.29) is 0 Å². The molecule has 0 saturated heterocycles. The molecule has 3 nitrogen and oxygen atoms in total. The summed E-state index contributed by atoms with van der Waals surface area (Å²) in [6.07, 6.45) is 0.777. The van der Waals surface area contributed by atoms with Crippen molar-refractivity contribution < 1.29 is 9.21 Å². The smallest absolute Gasteiger partial charge is 0.185 e. The topological polar surface area (TPSA) is 33.5 Å². The first-order chi connectivity index (χ1) is 7.22. The third-order valence-electron chi connectivity index (χ3n) is 2.31. The van der Waals surface area contributed by atoms with Crippen molar-refractivity contribution in [2.45, 2.75) is 6.54 Å². The number of carbonyl (C=O) groups is 1. The van der Waals surface area contributed by atoms with Crippen LogP contribution in [-0.4, -0.2) is 25.3 Å². The van der Waals surface area contributed by atoms with E-state index >= 15 is 0 Å². The molecule has 0 saturated carbocycles. The van der Waals surface area contributed by atoms with Crippen LogP contribution in [0.4, 0.5) is 0 Å². The summed E-state index contributed by atoms with van der Waals surface area (Å²) in [7, 11) is 3.94. The lowest BCUT2D eigenvalue weighted by atomic mass is 10.1. The zero-order valence-electron chi connectivity index (χ0n) is 8.86. The van der Waals surface area contributed by atoms with Gasteiger partial charge in [-0.15, -0.1) is 0 Å². The molecule has 78 valence electrons. The molecule has 0 atom stereocenters. The van der Waals surface area contributed by atoms with E-state index in [9.17, 15) is 4.79 Å². The van der Waals surface area contributed by atoms with E-state index in [2.05, 4.69) is 0 Å². The van der Waals surface area contributed by atoms with Crippen molar-refractivity contribution in [3.8, 4) is 0 Å². The molecule has 0 amide bonds. The van der Waals surface area contributed by atoms with Gasteiger partial charge in [0.05, 0.1) is 0 Å². The van der Waals surface area contributed by atoms with Crippen LogP contribution < -0.4 is 0 Å². The number of fused-ring (bicyclic) bond motifs is 1. The van der Waals surface area contributed by atoms with Crippen molar-refractivity contribution in [2.24, 2.45) is 0 Å². The van der Waals surface area contributed by atoms with E-state index in [1.54, 1.807) is 0 Å². The van der Waals surface area contributed by atoms with Crippen molar-refractivity contribution in [2.75, 3.05) is 14.1 Å². The quantitative estimate of drug-likeness (QED) is 0.718. The van der Waals surface area contributed by atoms with Gasteiger partial charge in [0.25, 0.3) is 0 Å². The van der Waals surface area contributed by atoms with Gasteiger partial charge in [-0.2, -0.15) is 0 Å². The molecule has 0 aliphatic heterocycles. The Balaban J connectivity index is 2.61. The highest BCUT2D eigenvalue weighted by Crippen LogP contribution is 2.25. The average Bonchev–Trinajstić information content (AvgIpc) is 2.56. The summed E-state index contributed by atoms with van der Waals surface area (Å²) < 4.78 is 5.45. The average molecular weight is 203 g/mol. The van der Waals surface area contributed by atoms with Gasteiger partial charge in [0.15, 0.2) is 12.0 Å². The number of hydrogen-bond acceptors (Lipinski definition) is 3. The third-order valence-corrected chi connectivity index (χ3v) is 2.31. The SMILES string of the molecule is CN(C)Cc1c(C=O)oc2ccccc12. The van der Waals surface area contributed by atoms with Crippen LogP contribution in [0.15, 0.2) is 28.7 Å². The monoisotopic (exact) mass is 203 g/mol. The number of furan rings is 1. The zero-order valence-corrected chi connectivity index (χ0v) is 8.86. The molecule has 0 N–H and O–H groups in total. The van der Waals surface area contributed by atoms with Crippen molar-refractivity contribution in [3.63, 3.8) is 0 Å². The largest absolute Gasteiger partial charge is 0.453 e. The standard InChI is InChI=1S/C12H13NO2/c1-13(2)7-10-9-5-3-4-6-11(9)15-12(10)8-14/h3-6,8H,7H2,1-2H3. The van der Waals surface area contributed by atoms with E-state index in [1.807, 2.05) is 43.3 Å². The van der Waals surface area contributed by atoms with Crippen LogP contribution in [-0.2, 0) is 6.54 Å². The highest BCUT2D eigenvalue weighted by atomic mass is 16.3. The second kappa shape index (κ2) is 3.87. The van der Waals surface area contributed by atoms with Crippen molar-refractivity contribution >= 4 is 17.3 Å². The molecule has 15 heavy (non-hydrogen) atoms. The Kier molecular flexibility index (Phi) is 2.56. The van der Waals surface area contributed by atoms with Gasteiger partial charge in [-0.1, -0.05) is 18.2 Å². The van der Waals surface area contributed by atoms with E-state index in [4.69, 9.17) is 4.42 Å². The van der Waals surface area contributed by atoms with Crippen LogP contribution in [0.25, 0.3) is 11.0 Å². The highest BCUT2D eigenvalue weighted by Gasteiger charge is 2.13. The predicted molar refractivity (Wildman–Crippen MR) is 59.0 cm³/mol. The predicted octanol–water partition coefficient (Wildman–Crippen LogP) is 2.31. The molecule has 0 unspecified atom stereocenters. The molecule has 0 aliphatic rings. The van der Waals surface area contributed by atoms with Crippen molar-refractivity contribution in [1.29, 1.82) is 0 Å². The van der Waals surface area contributed by atoms with Gasteiger partial charge < -0.3 is 9.32 Å². The lowest BCUT2D eigenvalue weighted by molar-refractivity contribution is 0.110. The Morgan fingerprint density at radius 3 is 2.73 bits per heavy atom. The van der Waals surface area contributed by atoms with Crippen LogP contribution >= 0.6 is 0 Å². The first-order valence-electron chi connectivity index (χ1n) is 4.82. The number of para-hydroxylation sites is 1. The molecule has 1 heterocycles. The number of aldehydes is 1. The number of benzene rings is 1. The fraction of sp³-hybridized carbons (Fsp3) is 0.250. The highest BCUT2D eigenvalue weighted by molar-refractivity contribution is 5.89. The van der Waals surface area contributed by atoms with Gasteiger partial charge in [-0.3, -0.25) is 4.79 Å². The van der Waals surface area contributed by atoms with E-state index in [1.165, 1.54) is 0 Å². The van der Waals surface area contributed by atoms with Gasteiger partial charge >= 0.3 is 0 Å². The molecule has 0 aliphatic carbocycles. The summed E-state index contributed by atoms with van der Waals surface area (Å²) in [6, 6.07) is 7.71. The number of nitrogens with zero attached hydrogens (tertiary/aromatic N) is 1. The fourth-order valence-electron chi connectivity index (χ4n) is 1.69. The van der Waals surface area contributed by atoms with E-state index in [0.29, 0.717) is 12.3 Å². The minimum absolute atomic E-state index is 0.435. The molecule has 3 heteroatoms. The third kappa shape index (κ3) is 1.78. The lowest BCUT2D eigenvalue weighted by Gasteiger charge is -2.07. The van der Waals surface area contributed by atoms with E-state index in [0.717, 1.165) is 22.8 Å². The van der Waals surface area contributed by atoms with E-state index < -0.39 is 0 Å². The summed E-state index contributed by atoms with van der Waals surface area (Å²) in [5, 5.41) is 1.02. The van der Waals surface area contributed by atoms with Gasteiger partial charge in [-0.25, -0.2) is 0 Å². The molecule has 2 rings (SSSR count). The number of rotatable bonds is 3. The van der Waals surface area contributed by atoms with Gasteiger partial charge in [-0.05, 0) is 20.2 Å². The summed E-state index contributed by atoms with van der Waals surface area (Å²) >= 11 is 0. The number of hydrogen-bond donors (Lipinski definition) is 0. The maximum atomic E-state index is 10.9. The summed E-state index contributed by atoms with van der Waals surface area (Å²) in [4.78, 5) is 12.9. The molecule has 1 aromatic carbocycles. The molecular formula is C12H13NO2. The summed E-state index contributed by atoms with van der Waals surface area (Å²) in [6.45, 7) is 0.713. The molecule has 0 radical (unpaired) electrons. The molecule has 0 fully saturated rings. The first kappa shape index (κ1) is 9.93. The Bertz CT molecular complexity index is 485. The van der Waals surface area contributed by atoms with Crippen molar-refractivity contribution in [3.05, 3.63) is 35.6 Å². The second-order valence-corrected chi connectivity index (χ2v) is 3.80. The first-order valence-corrected chi connectivity index (χ1v) is 4.82. The maximum absolute atomic E-state index is 10.9. The Labute approximate surface area is 88.3 Å². The fourth-order valence-corrected chi connectivity index (χ4v) is 1.69. The zero-order chi connectivity index (χ0) is 10.8. The van der Waals surface area contributed by atoms with Crippen LogP contribution in [0.1, 0.15) is 16.1 Å². The van der Waals surface area contributed by atoms with Crippen molar-refractivity contribution in [1.82, 2.24) is 4.90 Å². The molecule has 2 aromatic rings. The Hall–Kier alpha value is -1.61.